The summed E-state index contributed by atoms with van der Waals surface area (Å²) < 4.78 is 4.88. The van der Waals surface area contributed by atoms with Crippen molar-refractivity contribution in [2.75, 3.05) is 18.5 Å². The summed E-state index contributed by atoms with van der Waals surface area (Å²) in [4.78, 5) is 11.2. The fraction of sp³-hybridized carbons (Fsp3) is 0.500. The first kappa shape index (κ1) is 13.6. The van der Waals surface area contributed by atoms with Crippen molar-refractivity contribution in [3.05, 3.63) is 28.8 Å². The van der Waals surface area contributed by atoms with Crippen molar-refractivity contribution in [2.45, 2.75) is 34.1 Å². The van der Waals surface area contributed by atoms with Crippen LogP contribution in [0.15, 0.2) is 12.1 Å². The number of carbonyl (C=O) groups excluding carboxylic acids is 1. The van der Waals surface area contributed by atoms with Gasteiger partial charge in [-0.25, -0.2) is 0 Å². The van der Waals surface area contributed by atoms with Crippen molar-refractivity contribution in [3.8, 4) is 0 Å². The van der Waals surface area contributed by atoms with Crippen molar-refractivity contribution in [3.63, 3.8) is 0 Å². The normalized spacial score (nSPS) is 10.1. The number of hydrogen-bond donors (Lipinski definition) is 1. The quantitative estimate of drug-likeness (QED) is 0.797. The Kier molecular flexibility index (Phi) is 5.01. The third kappa shape index (κ3) is 4.10. The third-order valence-corrected chi connectivity index (χ3v) is 2.61. The minimum atomic E-state index is -0.151. The lowest BCUT2D eigenvalue weighted by atomic mass is 10.1. The highest BCUT2D eigenvalue weighted by Gasteiger charge is 2.05. The van der Waals surface area contributed by atoms with E-state index in [1.807, 2.05) is 6.92 Å². The van der Waals surface area contributed by atoms with Gasteiger partial charge in [-0.3, -0.25) is 4.79 Å². The van der Waals surface area contributed by atoms with Crippen LogP contribution >= 0.6 is 0 Å². The van der Waals surface area contributed by atoms with Crippen molar-refractivity contribution >= 4 is 11.7 Å². The smallest absolute Gasteiger partial charge is 0.307 e. The lowest BCUT2D eigenvalue weighted by molar-refractivity contribution is -0.142. The molecule has 0 amide bonds. The van der Waals surface area contributed by atoms with E-state index in [9.17, 15) is 4.79 Å². The zero-order chi connectivity index (χ0) is 12.8. The molecule has 3 nitrogen and oxygen atoms in total. The summed E-state index contributed by atoms with van der Waals surface area (Å²) in [5.74, 6) is -0.151. The van der Waals surface area contributed by atoms with Crippen LogP contribution in [0.5, 0.6) is 0 Å². The zero-order valence-corrected chi connectivity index (χ0v) is 11.1. The third-order valence-electron chi connectivity index (χ3n) is 2.61. The van der Waals surface area contributed by atoms with Gasteiger partial charge in [-0.1, -0.05) is 17.7 Å². The van der Waals surface area contributed by atoms with Gasteiger partial charge in [0.1, 0.15) is 0 Å². The van der Waals surface area contributed by atoms with Crippen LogP contribution in [0.2, 0.25) is 0 Å². The molecule has 0 heterocycles. The van der Waals surface area contributed by atoms with Crippen LogP contribution in [0.25, 0.3) is 0 Å². The van der Waals surface area contributed by atoms with Crippen molar-refractivity contribution in [1.29, 1.82) is 0 Å². The Bertz CT molecular complexity index is 376. The summed E-state index contributed by atoms with van der Waals surface area (Å²) in [6, 6.07) is 4.28. The van der Waals surface area contributed by atoms with Crippen LogP contribution < -0.4 is 5.32 Å². The predicted molar refractivity (Wildman–Crippen MR) is 70.4 cm³/mol. The summed E-state index contributed by atoms with van der Waals surface area (Å²) in [5, 5.41) is 3.30. The molecule has 1 N–H and O–H groups in total. The molecule has 0 aliphatic heterocycles. The summed E-state index contributed by atoms with van der Waals surface area (Å²) in [7, 11) is 0. The molecule has 0 spiro atoms. The van der Waals surface area contributed by atoms with E-state index in [2.05, 4.69) is 38.2 Å². The molecular formula is C14H21NO2. The van der Waals surface area contributed by atoms with E-state index >= 15 is 0 Å². The van der Waals surface area contributed by atoms with Gasteiger partial charge in [0.2, 0.25) is 0 Å². The molecule has 0 bridgehead atoms. The summed E-state index contributed by atoms with van der Waals surface area (Å²) in [5.41, 5.74) is 4.81. The summed E-state index contributed by atoms with van der Waals surface area (Å²) >= 11 is 0. The van der Waals surface area contributed by atoms with E-state index in [0.717, 1.165) is 5.69 Å². The average molecular weight is 235 g/mol. The van der Waals surface area contributed by atoms with Gasteiger partial charge in [0.25, 0.3) is 0 Å². The van der Waals surface area contributed by atoms with Gasteiger partial charge in [-0.2, -0.15) is 0 Å². The maximum absolute atomic E-state index is 11.2. The molecule has 1 rings (SSSR count). The number of esters is 1. The molecule has 94 valence electrons. The van der Waals surface area contributed by atoms with Gasteiger partial charge >= 0.3 is 5.97 Å². The Morgan fingerprint density at radius 2 is 1.82 bits per heavy atom. The van der Waals surface area contributed by atoms with Gasteiger partial charge in [0.05, 0.1) is 13.0 Å². The van der Waals surface area contributed by atoms with Crippen molar-refractivity contribution in [1.82, 2.24) is 0 Å². The number of benzene rings is 1. The summed E-state index contributed by atoms with van der Waals surface area (Å²) in [6.07, 6.45) is 0.403. The van der Waals surface area contributed by atoms with Gasteiger partial charge in [0, 0.05) is 12.2 Å². The second-order valence-electron chi connectivity index (χ2n) is 4.26. The fourth-order valence-corrected chi connectivity index (χ4v) is 1.98. The average Bonchev–Trinajstić information content (AvgIpc) is 2.22. The van der Waals surface area contributed by atoms with Gasteiger partial charge in [-0.05, 0) is 38.8 Å². The standard InChI is InChI=1S/C14H21NO2/c1-5-17-13(16)6-7-15-14-11(3)8-10(2)9-12(14)4/h8-9,15H,5-7H2,1-4H3. The second kappa shape index (κ2) is 6.28. The molecule has 0 saturated heterocycles. The van der Waals surface area contributed by atoms with E-state index < -0.39 is 0 Å². The van der Waals surface area contributed by atoms with Crippen LogP contribution in [0.3, 0.4) is 0 Å². The van der Waals surface area contributed by atoms with Crippen molar-refractivity contribution in [2.24, 2.45) is 0 Å². The fourth-order valence-electron chi connectivity index (χ4n) is 1.98. The first-order valence-electron chi connectivity index (χ1n) is 6.02. The molecule has 3 heteroatoms. The van der Waals surface area contributed by atoms with Crippen LogP contribution in [0.4, 0.5) is 5.69 Å². The molecule has 17 heavy (non-hydrogen) atoms. The number of hydrogen-bond acceptors (Lipinski definition) is 3. The molecule has 0 saturated carbocycles. The Labute approximate surface area is 103 Å². The molecule has 0 aliphatic carbocycles. The highest BCUT2D eigenvalue weighted by atomic mass is 16.5. The SMILES string of the molecule is CCOC(=O)CCNc1c(C)cc(C)cc1C. The van der Waals surface area contributed by atoms with E-state index in [0.29, 0.717) is 19.6 Å². The van der Waals surface area contributed by atoms with E-state index in [4.69, 9.17) is 4.74 Å². The van der Waals surface area contributed by atoms with Crippen molar-refractivity contribution < 1.29 is 9.53 Å². The number of carbonyl (C=O) groups is 1. The number of nitrogens with one attached hydrogen (secondary N) is 1. The Hall–Kier alpha value is -1.51. The first-order valence-corrected chi connectivity index (χ1v) is 6.02. The Balaban J connectivity index is 2.55. The van der Waals surface area contributed by atoms with Crippen LogP contribution in [0.1, 0.15) is 30.0 Å². The summed E-state index contributed by atoms with van der Waals surface area (Å²) in [6.45, 7) is 9.12. The molecule has 0 aromatic heterocycles. The van der Waals surface area contributed by atoms with Gasteiger partial charge in [-0.15, -0.1) is 0 Å². The molecule has 0 radical (unpaired) electrons. The zero-order valence-electron chi connectivity index (χ0n) is 11.1. The lowest BCUT2D eigenvalue weighted by Gasteiger charge is -2.13. The number of ether oxygens (including phenoxy) is 1. The minimum Gasteiger partial charge on any atom is -0.466 e. The Morgan fingerprint density at radius 1 is 1.24 bits per heavy atom. The van der Waals surface area contributed by atoms with Gasteiger partial charge < -0.3 is 10.1 Å². The molecule has 1 aromatic carbocycles. The van der Waals surface area contributed by atoms with Crippen LogP contribution in [0, 0.1) is 20.8 Å². The second-order valence-corrected chi connectivity index (χ2v) is 4.26. The van der Waals surface area contributed by atoms with Crippen LogP contribution in [-0.4, -0.2) is 19.1 Å². The van der Waals surface area contributed by atoms with Gasteiger partial charge in [0.15, 0.2) is 0 Å². The Morgan fingerprint density at radius 3 is 2.35 bits per heavy atom. The van der Waals surface area contributed by atoms with Crippen LogP contribution in [-0.2, 0) is 9.53 Å². The maximum atomic E-state index is 11.2. The number of aryl methyl sites for hydroxylation is 3. The number of rotatable bonds is 5. The lowest BCUT2D eigenvalue weighted by Crippen LogP contribution is -2.12. The molecule has 1 aromatic rings. The predicted octanol–water partition coefficient (Wildman–Crippen LogP) is 2.98. The molecular weight excluding hydrogens is 214 g/mol. The maximum Gasteiger partial charge on any atom is 0.307 e. The van der Waals surface area contributed by atoms with E-state index in [1.54, 1.807) is 0 Å². The molecule has 0 unspecified atom stereocenters. The molecule has 0 aliphatic rings. The minimum absolute atomic E-state index is 0.151. The van der Waals surface area contributed by atoms with E-state index in [1.165, 1.54) is 16.7 Å². The van der Waals surface area contributed by atoms with E-state index in [-0.39, 0.29) is 5.97 Å². The first-order chi connectivity index (χ1) is 8.04. The topological polar surface area (TPSA) is 38.3 Å². The monoisotopic (exact) mass is 235 g/mol. The highest BCUT2D eigenvalue weighted by molar-refractivity contribution is 5.70. The molecule has 0 fully saturated rings. The number of anilines is 1. The largest absolute Gasteiger partial charge is 0.466 e. The highest BCUT2D eigenvalue weighted by Crippen LogP contribution is 2.21. The molecule has 0 atom stereocenters.